The fraction of sp³-hybridized carbons (Fsp3) is 0. The predicted octanol–water partition coefficient (Wildman–Crippen LogP) is 2.69. The van der Waals surface area contributed by atoms with Crippen LogP contribution in [0.4, 0.5) is 5.69 Å². The topological polar surface area (TPSA) is 50.9 Å². The third kappa shape index (κ3) is 2.26. The zero-order valence-corrected chi connectivity index (χ0v) is 8.70. The van der Waals surface area contributed by atoms with Crippen LogP contribution in [0.5, 0.6) is 0 Å². The molecule has 1 aromatic heterocycles. The molecule has 0 aliphatic heterocycles. The van der Waals surface area contributed by atoms with Gasteiger partial charge in [-0.15, -0.1) is 0 Å². The van der Waals surface area contributed by atoms with Gasteiger partial charge in [-0.25, -0.2) is 4.98 Å². The van der Waals surface area contributed by atoms with E-state index >= 15 is 0 Å². The number of pyridine rings is 1. The number of nitrogens with zero attached hydrogens (tertiary/aromatic N) is 1. The Morgan fingerprint density at radius 1 is 1.13 bits per heavy atom. The number of nitrogen functional groups attached to an aromatic ring is 1. The molecule has 0 saturated heterocycles. The molecule has 2 rings (SSSR count). The average molecular weight is 220 g/mol. The molecule has 0 unspecified atom stereocenters. The molecule has 0 radical (unpaired) electrons. The molecule has 2 aromatic rings. The summed E-state index contributed by atoms with van der Waals surface area (Å²) < 4.78 is 0. The summed E-state index contributed by atoms with van der Waals surface area (Å²) in [6, 6.07) is 11.5. The van der Waals surface area contributed by atoms with Gasteiger partial charge in [0.15, 0.2) is 0 Å². The van der Waals surface area contributed by atoms with Gasteiger partial charge in [0.1, 0.15) is 5.15 Å². The lowest BCUT2D eigenvalue weighted by atomic mass is 10.1. The van der Waals surface area contributed by atoms with Crippen molar-refractivity contribution < 1.29 is 0 Å². The minimum atomic E-state index is 0.492. The summed E-state index contributed by atoms with van der Waals surface area (Å²) in [5.74, 6) is 5.33. The van der Waals surface area contributed by atoms with E-state index in [1.165, 1.54) is 0 Å². The number of hydrogen-bond acceptors (Lipinski definition) is 3. The van der Waals surface area contributed by atoms with Crippen molar-refractivity contribution in [2.75, 3.05) is 5.43 Å². The molecule has 3 N–H and O–H groups in total. The Bertz CT molecular complexity index is 454. The molecular weight excluding hydrogens is 210 g/mol. The Kier molecular flexibility index (Phi) is 2.85. The Labute approximate surface area is 92.9 Å². The zero-order valence-electron chi connectivity index (χ0n) is 7.94. The third-order valence-electron chi connectivity index (χ3n) is 2.09. The van der Waals surface area contributed by atoms with Gasteiger partial charge < -0.3 is 5.43 Å². The summed E-state index contributed by atoms with van der Waals surface area (Å²) in [5, 5.41) is 0.492. The molecule has 15 heavy (non-hydrogen) atoms. The van der Waals surface area contributed by atoms with Gasteiger partial charge in [0, 0.05) is 17.4 Å². The van der Waals surface area contributed by atoms with Gasteiger partial charge >= 0.3 is 0 Å². The Balaban J connectivity index is 2.40. The van der Waals surface area contributed by atoms with Crippen molar-refractivity contribution in [3.63, 3.8) is 0 Å². The number of nitrogens with two attached hydrogens (primary N) is 1. The molecule has 0 fully saturated rings. The molecule has 4 heteroatoms. The summed E-state index contributed by atoms with van der Waals surface area (Å²) in [7, 11) is 0. The standard InChI is InChI=1S/C11H10ClN3/c12-11-5-4-9(7-14-11)8-2-1-3-10(6-8)15-13/h1-7,15H,13H2. The fourth-order valence-corrected chi connectivity index (χ4v) is 1.45. The van der Waals surface area contributed by atoms with E-state index in [2.05, 4.69) is 10.4 Å². The van der Waals surface area contributed by atoms with Crippen molar-refractivity contribution in [3.8, 4) is 11.1 Å². The largest absolute Gasteiger partial charge is 0.324 e. The van der Waals surface area contributed by atoms with Crippen LogP contribution in [-0.4, -0.2) is 4.98 Å². The lowest BCUT2D eigenvalue weighted by Gasteiger charge is -2.04. The molecule has 1 heterocycles. The number of rotatable bonds is 2. The highest BCUT2D eigenvalue weighted by molar-refractivity contribution is 6.29. The third-order valence-corrected chi connectivity index (χ3v) is 2.31. The maximum atomic E-state index is 5.71. The molecule has 0 spiro atoms. The van der Waals surface area contributed by atoms with E-state index in [9.17, 15) is 0 Å². The lowest BCUT2D eigenvalue weighted by Crippen LogP contribution is -2.06. The second-order valence-electron chi connectivity index (χ2n) is 3.09. The first-order valence-corrected chi connectivity index (χ1v) is 4.86. The van der Waals surface area contributed by atoms with Gasteiger partial charge in [0.2, 0.25) is 0 Å². The van der Waals surface area contributed by atoms with Crippen LogP contribution < -0.4 is 11.3 Å². The van der Waals surface area contributed by atoms with Crippen LogP contribution in [0, 0.1) is 0 Å². The van der Waals surface area contributed by atoms with Crippen LogP contribution in [0.25, 0.3) is 11.1 Å². The summed E-state index contributed by atoms with van der Waals surface area (Å²) >= 11 is 5.71. The quantitative estimate of drug-likeness (QED) is 0.464. The molecule has 0 atom stereocenters. The smallest absolute Gasteiger partial charge is 0.129 e. The molecule has 0 aliphatic carbocycles. The molecule has 0 aliphatic rings. The summed E-state index contributed by atoms with van der Waals surface area (Å²) in [6.07, 6.45) is 1.73. The molecule has 0 saturated carbocycles. The highest BCUT2D eigenvalue weighted by Crippen LogP contribution is 2.22. The second kappa shape index (κ2) is 4.29. The van der Waals surface area contributed by atoms with Crippen LogP contribution in [0.1, 0.15) is 0 Å². The van der Waals surface area contributed by atoms with Crippen molar-refractivity contribution in [1.29, 1.82) is 0 Å². The normalized spacial score (nSPS) is 10.0. The Morgan fingerprint density at radius 2 is 2.00 bits per heavy atom. The van der Waals surface area contributed by atoms with Crippen molar-refractivity contribution >= 4 is 17.3 Å². The molecular formula is C11H10ClN3. The maximum Gasteiger partial charge on any atom is 0.129 e. The zero-order chi connectivity index (χ0) is 10.7. The molecule has 76 valence electrons. The first kappa shape index (κ1) is 9.96. The van der Waals surface area contributed by atoms with Gasteiger partial charge in [0.25, 0.3) is 0 Å². The number of hydrazine groups is 1. The highest BCUT2D eigenvalue weighted by Gasteiger charge is 1.98. The van der Waals surface area contributed by atoms with Gasteiger partial charge in [-0.1, -0.05) is 23.7 Å². The van der Waals surface area contributed by atoms with Crippen molar-refractivity contribution in [2.24, 2.45) is 5.84 Å². The number of anilines is 1. The average Bonchev–Trinajstić information content (AvgIpc) is 2.30. The predicted molar refractivity (Wildman–Crippen MR) is 62.5 cm³/mol. The monoisotopic (exact) mass is 219 g/mol. The summed E-state index contributed by atoms with van der Waals surface area (Å²) in [6.45, 7) is 0. The van der Waals surface area contributed by atoms with Gasteiger partial charge in [-0.2, -0.15) is 0 Å². The summed E-state index contributed by atoms with van der Waals surface area (Å²) in [5.41, 5.74) is 5.53. The van der Waals surface area contributed by atoms with E-state index in [1.54, 1.807) is 12.3 Å². The highest BCUT2D eigenvalue weighted by atomic mass is 35.5. The fourth-order valence-electron chi connectivity index (χ4n) is 1.34. The van der Waals surface area contributed by atoms with Gasteiger partial charge in [-0.3, -0.25) is 5.84 Å². The van der Waals surface area contributed by atoms with Crippen molar-refractivity contribution in [3.05, 3.63) is 47.7 Å². The first-order valence-electron chi connectivity index (χ1n) is 4.48. The number of halogens is 1. The molecule has 3 nitrogen and oxygen atoms in total. The number of nitrogens with one attached hydrogen (secondary N) is 1. The first-order chi connectivity index (χ1) is 7.29. The van der Waals surface area contributed by atoms with Crippen LogP contribution in [0.2, 0.25) is 5.15 Å². The summed E-state index contributed by atoms with van der Waals surface area (Å²) in [4.78, 5) is 4.02. The van der Waals surface area contributed by atoms with E-state index in [0.717, 1.165) is 16.8 Å². The van der Waals surface area contributed by atoms with E-state index < -0.39 is 0 Å². The van der Waals surface area contributed by atoms with E-state index in [-0.39, 0.29) is 0 Å². The van der Waals surface area contributed by atoms with E-state index in [4.69, 9.17) is 17.4 Å². The van der Waals surface area contributed by atoms with Gasteiger partial charge in [0.05, 0.1) is 0 Å². The Morgan fingerprint density at radius 3 is 2.67 bits per heavy atom. The number of aromatic nitrogens is 1. The van der Waals surface area contributed by atoms with E-state index in [0.29, 0.717) is 5.15 Å². The molecule has 0 bridgehead atoms. The van der Waals surface area contributed by atoms with Crippen molar-refractivity contribution in [1.82, 2.24) is 4.98 Å². The Hall–Kier alpha value is -1.58. The van der Waals surface area contributed by atoms with E-state index in [1.807, 2.05) is 30.3 Å². The molecule has 1 aromatic carbocycles. The van der Waals surface area contributed by atoms with Crippen LogP contribution in [-0.2, 0) is 0 Å². The molecule has 0 amide bonds. The number of benzene rings is 1. The van der Waals surface area contributed by atoms with Crippen LogP contribution in [0.3, 0.4) is 0 Å². The lowest BCUT2D eigenvalue weighted by molar-refractivity contribution is 1.32. The minimum Gasteiger partial charge on any atom is -0.324 e. The van der Waals surface area contributed by atoms with Crippen LogP contribution >= 0.6 is 11.6 Å². The minimum absolute atomic E-state index is 0.492. The van der Waals surface area contributed by atoms with Gasteiger partial charge in [-0.05, 0) is 29.8 Å². The number of hydrogen-bond donors (Lipinski definition) is 2. The van der Waals surface area contributed by atoms with Crippen molar-refractivity contribution in [2.45, 2.75) is 0 Å². The SMILES string of the molecule is NNc1cccc(-c2ccc(Cl)nc2)c1. The maximum absolute atomic E-state index is 5.71. The second-order valence-corrected chi connectivity index (χ2v) is 3.48. The van der Waals surface area contributed by atoms with Crippen LogP contribution in [0.15, 0.2) is 42.6 Å².